The first kappa shape index (κ1) is 14.8. The van der Waals surface area contributed by atoms with E-state index in [9.17, 15) is 9.18 Å². The first-order valence-electron chi connectivity index (χ1n) is 6.63. The topological polar surface area (TPSA) is 66.6 Å². The molecule has 0 aromatic heterocycles. The van der Waals surface area contributed by atoms with Crippen LogP contribution in [0.2, 0.25) is 0 Å². The van der Waals surface area contributed by atoms with Gasteiger partial charge in [-0.1, -0.05) is 12.1 Å². The predicted molar refractivity (Wildman–Crippen MR) is 80.9 cm³/mol. The first-order valence-corrected chi connectivity index (χ1v) is 6.63. The van der Waals surface area contributed by atoms with Crippen molar-refractivity contribution in [2.75, 3.05) is 17.2 Å². The molecular weight excluding hydrogens is 271 g/mol. The lowest BCUT2D eigenvalue weighted by atomic mass is 10.1. The average Bonchev–Trinajstić information content (AvgIpc) is 2.47. The number of carbonyl (C=O) groups is 1. The summed E-state index contributed by atoms with van der Waals surface area (Å²) in [6.45, 7) is 3.26. The molecule has 0 aliphatic carbocycles. The number of halogens is 1. The molecule has 0 radical (unpaired) electrons. The lowest BCUT2D eigenvalue weighted by Crippen LogP contribution is -2.23. The molecule has 4 nitrogen and oxygen atoms in total. The Morgan fingerprint density at radius 2 is 1.90 bits per heavy atom. The third-order valence-electron chi connectivity index (χ3n) is 3.28. The quantitative estimate of drug-likeness (QED) is 0.829. The van der Waals surface area contributed by atoms with Gasteiger partial charge in [-0.3, -0.25) is 0 Å². The van der Waals surface area contributed by atoms with Gasteiger partial charge in [0.1, 0.15) is 5.82 Å². The summed E-state index contributed by atoms with van der Waals surface area (Å²) in [6.07, 6.45) is 0. The number of nitrogens with zero attached hydrogens (tertiary/aromatic N) is 1. The van der Waals surface area contributed by atoms with Gasteiger partial charge in [0, 0.05) is 13.1 Å². The Balaban J connectivity index is 2.25. The summed E-state index contributed by atoms with van der Waals surface area (Å²) in [5.41, 5.74) is 8.25. The maximum Gasteiger partial charge on any atom is 0.335 e. The highest BCUT2D eigenvalue weighted by Crippen LogP contribution is 2.26. The normalized spacial score (nSPS) is 10.4. The molecule has 0 aliphatic rings. The van der Waals surface area contributed by atoms with Gasteiger partial charge in [-0.25, -0.2) is 9.18 Å². The van der Waals surface area contributed by atoms with Crippen molar-refractivity contribution in [1.29, 1.82) is 0 Å². The minimum Gasteiger partial charge on any atom is -0.478 e. The Bertz CT molecular complexity index is 641. The maximum atomic E-state index is 12.9. The molecule has 5 heteroatoms. The molecule has 0 atom stereocenters. The molecule has 0 fully saturated rings. The summed E-state index contributed by atoms with van der Waals surface area (Å²) in [4.78, 5) is 12.9. The minimum atomic E-state index is -1.00. The van der Waals surface area contributed by atoms with Crippen molar-refractivity contribution in [2.45, 2.75) is 13.5 Å². The van der Waals surface area contributed by atoms with Crippen LogP contribution < -0.4 is 10.6 Å². The van der Waals surface area contributed by atoms with Crippen LogP contribution in [0.25, 0.3) is 0 Å². The molecule has 2 aromatic carbocycles. The molecule has 0 bridgehead atoms. The highest BCUT2D eigenvalue weighted by atomic mass is 19.1. The average molecular weight is 288 g/mol. The second-order valence-corrected chi connectivity index (χ2v) is 4.72. The van der Waals surface area contributed by atoms with Gasteiger partial charge < -0.3 is 15.7 Å². The number of nitrogens with two attached hydrogens (primary N) is 1. The second kappa shape index (κ2) is 6.26. The Morgan fingerprint density at radius 3 is 2.43 bits per heavy atom. The fourth-order valence-electron chi connectivity index (χ4n) is 2.15. The highest BCUT2D eigenvalue weighted by molar-refractivity contribution is 5.90. The Labute approximate surface area is 122 Å². The van der Waals surface area contributed by atoms with Gasteiger partial charge in [-0.2, -0.15) is 0 Å². The highest BCUT2D eigenvalue weighted by Gasteiger charge is 2.12. The molecule has 2 rings (SSSR count). The lowest BCUT2D eigenvalue weighted by Gasteiger charge is -2.25. The Hall–Kier alpha value is -2.56. The van der Waals surface area contributed by atoms with Crippen LogP contribution in [0.4, 0.5) is 15.8 Å². The third kappa shape index (κ3) is 3.51. The van der Waals surface area contributed by atoms with Crippen LogP contribution in [-0.2, 0) is 6.54 Å². The van der Waals surface area contributed by atoms with Crippen molar-refractivity contribution < 1.29 is 14.3 Å². The van der Waals surface area contributed by atoms with Crippen molar-refractivity contribution in [3.63, 3.8) is 0 Å². The zero-order chi connectivity index (χ0) is 15.4. The summed E-state index contributed by atoms with van der Waals surface area (Å²) >= 11 is 0. The summed E-state index contributed by atoms with van der Waals surface area (Å²) in [6, 6.07) is 11.0. The van der Waals surface area contributed by atoms with Gasteiger partial charge >= 0.3 is 5.97 Å². The Kier molecular flexibility index (Phi) is 4.42. The summed E-state index contributed by atoms with van der Waals surface area (Å²) in [5.74, 6) is -1.28. The standard InChI is InChI=1S/C16H17FN2O2/c1-2-19(10-11-3-6-13(17)7-4-11)15-8-5-12(16(20)21)9-14(15)18/h3-9H,2,10,18H2,1H3,(H,20,21). The molecule has 0 heterocycles. The van der Waals surface area contributed by atoms with Crippen LogP contribution in [0, 0.1) is 5.82 Å². The number of hydrogen-bond acceptors (Lipinski definition) is 3. The molecule has 2 aromatic rings. The first-order chi connectivity index (χ1) is 10.0. The summed E-state index contributed by atoms with van der Waals surface area (Å²) < 4.78 is 12.9. The number of aromatic carboxylic acids is 1. The van der Waals surface area contributed by atoms with Crippen LogP contribution in [0.5, 0.6) is 0 Å². The van der Waals surface area contributed by atoms with Gasteiger partial charge in [0.15, 0.2) is 0 Å². The van der Waals surface area contributed by atoms with E-state index in [2.05, 4.69) is 0 Å². The van der Waals surface area contributed by atoms with Crippen LogP contribution in [0.15, 0.2) is 42.5 Å². The smallest absolute Gasteiger partial charge is 0.335 e. The van der Waals surface area contributed by atoms with Crippen molar-refractivity contribution in [1.82, 2.24) is 0 Å². The molecule has 0 saturated heterocycles. The van der Waals surface area contributed by atoms with E-state index in [1.165, 1.54) is 24.3 Å². The van der Waals surface area contributed by atoms with E-state index in [0.29, 0.717) is 18.8 Å². The second-order valence-electron chi connectivity index (χ2n) is 4.72. The lowest BCUT2D eigenvalue weighted by molar-refractivity contribution is 0.0697. The van der Waals surface area contributed by atoms with Crippen LogP contribution >= 0.6 is 0 Å². The fourth-order valence-corrected chi connectivity index (χ4v) is 2.15. The van der Waals surface area contributed by atoms with E-state index in [-0.39, 0.29) is 11.4 Å². The Morgan fingerprint density at radius 1 is 1.24 bits per heavy atom. The zero-order valence-electron chi connectivity index (χ0n) is 11.7. The van der Waals surface area contributed by atoms with Crippen LogP contribution in [0.3, 0.4) is 0 Å². The largest absolute Gasteiger partial charge is 0.478 e. The van der Waals surface area contributed by atoms with E-state index in [1.807, 2.05) is 11.8 Å². The minimum absolute atomic E-state index is 0.161. The van der Waals surface area contributed by atoms with Gasteiger partial charge in [-0.05, 0) is 42.8 Å². The molecule has 0 saturated carbocycles. The van der Waals surface area contributed by atoms with E-state index >= 15 is 0 Å². The van der Waals surface area contributed by atoms with Crippen LogP contribution in [-0.4, -0.2) is 17.6 Å². The van der Waals surface area contributed by atoms with Crippen LogP contribution in [0.1, 0.15) is 22.8 Å². The fraction of sp³-hybridized carbons (Fsp3) is 0.188. The van der Waals surface area contributed by atoms with Crippen molar-refractivity contribution in [3.05, 3.63) is 59.4 Å². The molecule has 110 valence electrons. The SMILES string of the molecule is CCN(Cc1ccc(F)cc1)c1ccc(C(=O)O)cc1N. The van der Waals surface area contributed by atoms with Crippen molar-refractivity contribution in [3.8, 4) is 0 Å². The van der Waals surface area contributed by atoms with Crippen molar-refractivity contribution in [2.24, 2.45) is 0 Å². The molecular formula is C16H17FN2O2. The molecule has 0 unspecified atom stereocenters. The van der Waals surface area contributed by atoms with E-state index in [1.54, 1.807) is 18.2 Å². The van der Waals surface area contributed by atoms with E-state index < -0.39 is 5.97 Å². The molecule has 21 heavy (non-hydrogen) atoms. The molecule has 0 spiro atoms. The zero-order valence-corrected chi connectivity index (χ0v) is 11.7. The monoisotopic (exact) mass is 288 g/mol. The maximum absolute atomic E-state index is 12.9. The summed E-state index contributed by atoms with van der Waals surface area (Å²) in [5, 5.41) is 8.95. The number of rotatable bonds is 5. The molecule has 3 N–H and O–H groups in total. The number of carboxylic acid groups (broad SMARTS) is 1. The summed E-state index contributed by atoms with van der Waals surface area (Å²) in [7, 11) is 0. The van der Waals surface area contributed by atoms with Gasteiger partial charge in [-0.15, -0.1) is 0 Å². The van der Waals surface area contributed by atoms with E-state index in [0.717, 1.165) is 11.3 Å². The molecule has 0 aliphatic heterocycles. The third-order valence-corrected chi connectivity index (χ3v) is 3.28. The number of hydrogen-bond donors (Lipinski definition) is 2. The van der Waals surface area contributed by atoms with E-state index in [4.69, 9.17) is 10.8 Å². The number of anilines is 2. The number of carboxylic acids is 1. The number of benzene rings is 2. The predicted octanol–water partition coefficient (Wildman–Crippen LogP) is 3.13. The molecule has 0 amide bonds. The van der Waals surface area contributed by atoms with Gasteiger partial charge in [0.25, 0.3) is 0 Å². The van der Waals surface area contributed by atoms with Gasteiger partial charge in [0.05, 0.1) is 16.9 Å². The number of nitrogen functional groups attached to an aromatic ring is 1. The van der Waals surface area contributed by atoms with Gasteiger partial charge in [0.2, 0.25) is 0 Å². The van der Waals surface area contributed by atoms with Crippen molar-refractivity contribution >= 4 is 17.3 Å².